The van der Waals surface area contributed by atoms with Gasteiger partial charge in [0.1, 0.15) is 0 Å². The molecule has 1 N–H and O–H groups in total. The smallest absolute Gasteiger partial charge is 0.0589 e. The van der Waals surface area contributed by atoms with Crippen LogP contribution in [-0.4, -0.2) is 63.2 Å². The SMILES string of the molecule is CCOCCCN(CCO)CCOC. The van der Waals surface area contributed by atoms with E-state index < -0.39 is 0 Å². The predicted octanol–water partition coefficient (Wildman–Crippen LogP) is 0.354. The fraction of sp³-hybridized carbons (Fsp3) is 1.00. The maximum atomic E-state index is 8.82. The van der Waals surface area contributed by atoms with Gasteiger partial charge in [0, 0.05) is 40.0 Å². The van der Waals surface area contributed by atoms with Crippen molar-refractivity contribution in [3.05, 3.63) is 0 Å². The van der Waals surface area contributed by atoms with E-state index in [9.17, 15) is 0 Å². The lowest BCUT2D eigenvalue weighted by molar-refractivity contribution is 0.107. The molecule has 14 heavy (non-hydrogen) atoms. The highest BCUT2D eigenvalue weighted by Crippen LogP contribution is 1.92. The number of aliphatic hydroxyl groups is 1. The monoisotopic (exact) mass is 205 g/mol. The van der Waals surface area contributed by atoms with Crippen molar-refractivity contribution >= 4 is 0 Å². The molecule has 0 saturated heterocycles. The molecular formula is C10H23NO3. The molecule has 4 nitrogen and oxygen atoms in total. The molecule has 0 aliphatic carbocycles. The summed E-state index contributed by atoms with van der Waals surface area (Å²) in [7, 11) is 1.69. The summed E-state index contributed by atoms with van der Waals surface area (Å²) in [5.74, 6) is 0. The Labute approximate surface area is 86.8 Å². The van der Waals surface area contributed by atoms with Crippen LogP contribution >= 0.6 is 0 Å². The van der Waals surface area contributed by atoms with Crippen LogP contribution in [0.3, 0.4) is 0 Å². The Kier molecular flexibility index (Phi) is 10.8. The molecule has 4 heteroatoms. The summed E-state index contributed by atoms with van der Waals surface area (Å²) in [6.07, 6.45) is 1.01. The first-order chi connectivity index (χ1) is 6.85. The van der Waals surface area contributed by atoms with Crippen LogP contribution in [0.5, 0.6) is 0 Å². The van der Waals surface area contributed by atoms with Crippen molar-refractivity contribution < 1.29 is 14.6 Å². The van der Waals surface area contributed by atoms with Gasteiger partial charge in [0.2, 0.25) is 0 Å². The van der Waals surface area contributed by atoms with Gasteiger partial charge < -0.3 is 14.6 Å². The lowest BCUT2D eigenvalue weighted by Gasteiger charge is -2.20. The van der Waals surface area contributed by atoms with Gasteiger partial charge in [0.05, 0.1) is 13.2 Å². The predicted molar refractivity (Wildman–Crippen MR) is 56.5 cm³/mol. The van der Waals surface area contributed by atoms with Crippen LogP contribution in [0.15, 0.2) is 0 Å². The maximum absolute atomic E-state index is 8.82. The molecule has 0 amide bonds. The summed E-state index contributed by atoms with van der Waals surface area (Å²) in [6, 6.07) is 0. The molecule has 0 radical (unpaired) electrons. The Bertz CT molecular complexity index is 112. The third kappa shape index (κ3) is 8.44. The average molecular weight is 205 g/mol. The second kappa shape index (κ2) is 10.9. The highest BCUT2D eigenvalue weighted by Gasteiger charge is 2.02. The molecule has 0 saturated carbocycles. The Hall–Kier alpha value is -0.160. The number of nitrogens with zero attached hydrogens (tertiary/aromatic N) is 1. The minimum Gasteiger partial charge on any atom is -0.395 e. The van der Waals surface area contributed by atoms with Gasteiger partial charge in [-0.2, -0.15) is 0 Å². The average Bonchev–Trinajstić information content (AvgIpc) is 2.20. The fourth-order valence-electron chi connectivity index (χ4n) is 1.23. The van der Waals surface area contributed by atoms with Gasteiger partial charge in [-0.3, -0.25) is 4.90 Å². The van der Waals surface area contributed by atoms with E-state index in [1.54, 1.807) is 7.11 Å². The second-order valence-corrected chi connectivity index (χ2v) is 3.11. The van der Waals surface area contributed by atoms with E-state index in [0.717, 1.165) is 39.3 Å². The second-order valence-electron chi connectivity index (χ2n) is 3.11. The molecule has 86 valence electrons. The highest BCUT2D eigenvalue weighted by molar-refractivity contribution is 4.56. The number of ether oxygens (including phenoxy) is 2. The van der Waals surface area contributed by atoms with Gasteiger partial charge in [-0.25, -0.2) is 0 Å². The van der Waals surface area contributed by atoms with E-state index in [4.69, 9.17) is 14.6 Å². The zero-order valence-electron chi connectivity index (χ0n) is 9.37. The summed E-state index contributed by atoms with van der Waals surface area (Å²) in [5, 5.41) is 8.82. The van der Waals surface area contributed by atoms with E-state index in [0.29, 0.717) is 6.61 Å². The minimum atomic E-state index is 0.207. The van der Waals surface area contributed by atoms with E-state index in [-0.39, 0.29) is 6.61 Å². The summed E-state index contributed by atoms with van der Waals surface area (Å²) in [6.45, 7) is 7.05. The third-order valence-electron chi connectivity index (χ3n) is 2.00. The minimum absolute atomic E-state index is 0.207. The summed E-state index contributed by atoms with van der Waals surface area (Å²) >= 11 is 0. The Morgan fingerprint density at radius 2 is 1.93 bits per heavy atom. The van der Waals surface area contributed by atoms with Crippen molar-refractivity contribution in [2.24, 2.45) is 0 Å². The molecule has 0 aromatic carbocycles. The van der Waals surface area contributed by atoms with Crippen molar-refractivity contribution in [1.29, 1.82) is 0 Å². The molecule has 0 bridgehead atoms. The van der Waals surface area contributed by atoms with E-state index in [1.807, 2.05) is 6.92 Å². The number of rotatable bonds is 10. The van der Waals surface area contributed by atoms with Gasteiger partial charge in [-0.05, 0) is 13.3 Å². The van der Waals surface area contributed by atoms with Crippen LogP contribution in [-0.2, 0) is 9.47 Å². The Morgan fingerprint density at radius 1 is 1.14 bits per heavy atom. The first-order valence-corrected chi connectivity index (χ1v) is 5.25. The molecule has 0 heterocycles. The zero-order chi connectivity index (χ0) is 10.6. The van der Waals surface area contributed by atoms with Gasteiger partial charge >= 0.3 is 0 Å². The van der Waals surface area contributed by atoms with Crippen LogP contribution in [0, 0.1) is 0 Å². The molecule has 0 aromatic heterocycles. The van der Waals surface area contributed by atoms with E-state index in [1.165, 1.54) is 0 Å². The van der Waals surface area contributed by atoms with E-state index in [2.05, 4.69) is 4.90 Å². The lowest BCUT2D eigenvalue weighted by Crippen LogP contribution is -2.31. The summed E-state index contributed by atoms with van der Waals surface area (Å²) in [5.41, 5.74) is 0. The van der Waals surface area contributed by atoms with E-state index >= 15 is 0 Å². The van der Waals surface area contributed by atoms with Crippen molar-refractivity contribution in [3.63, 3.8) is 0 Å². The summed E-state index contributed by atoms with van der Waals surface area (Å²) in [4.78, 5) is 2.18. The molecule has 0 fully saturated rings. The van der Waals surface area contributed by atoms with Gasteiger partial charge in [0.15, 0.2) is 0 Å². The zero-order valence-corrected chi connectivity index (χ0v) is 9.37. The van der Waals surface area contributed by atoms with Crippen LogP contribution in [0.25, 0.3) is 0 Å². The fourth-order valence-corrected chi connectivity index (χ4v) is 1.23. The Balaban J connectivity index is 3.40. The first-order valence-electron chi connectivity index (χ1n) is 5.25. The van der Waals surface area contributed by atoms with Gasteiger partial charge in [0.25, 0.3) is 0 Å². The largest absolute Gasteiger partial charge is 0.395 e. The maximum Gasteiger partial charge on any atom is 0.0589 e. The third-order valence-corrected chi connectivity index (χ3v) is 2.00. The van der Waals surface area contributed by atoms with Crippen molar-refractivity contribution in [2.75, 3.05) is 53.2 Å². The molecule has 0 atom stereocenters. The highest BCUT2D eigenvalue weighted by atomic mass is 16.5. The first kappa shape index (κ1) is 13.8. The quantitative estimate of drug-likeness (QED) is 0.523. The summed E-state index contributed by atoms with van der Waals surface area (Å²) < 4.78 is 10.2. The molecule has 0 aliphatic heterocycles. The van der Waals surface area contributed by atoms with Crippen molar-refractivity contribution in [3.8, 4) is 0 Å². The standard InChI is InChI=1S/C10H23NO3/c1-3-14-9-4-5-11(6-8-12)7-10-13-2/h12H,3-10H2,1-2H3. The van der Waals surface area contributed by atoms with Crippen LogP contribution in [0.1, 0.15) is 13.3 Å². The van der Waals surface area contributed by atoms with Gasteiger partial charge in [-0.15, -0.1) is 0 Å². The lowest BCUT2D eigenvalue weighted by atomic mass is 10.4. The van der Waals surface area contributed by atoms with Gasteiger partial charge in [-0.1, -0.05) is 0 Å². The number of hydrogen-bond donors (Lipinski definition) is 1. The van der Waals surface area contributed by atoms with Crippen molar-refractivity contribution in [2.45, 2.75) is 13.3 Å². The molecule has 0 rings (SSSR count). The Morgan fingerprint density at radius 3 is 2.50 bits per heavy atom. The molecule has 0 unspecified atom stereocenters. The number of methoxy groups -OCH3 is 1. The van der Waals surface area contributed by atoms with Crippen LogP contribution in [0.4, 0.5) is 0 Å². The number of hydrogen-bond acceptors (Lipinski definition) is 4. The molecule has 0 aromatic rings. The molecule has 0 spiro atoms. The molecular weight excluding hydrogens is 182 g/mol. The topological polar surface area (TPSA) is 41.9 Å². The van der Waals surface area contributed by atoms with Crippen molar-refractivity contribution in [1.82, 2.24) is 4.90 Å². The normalized spacial score (nSPS) is 11.1. The van der Waals surface area contributed by atoms with Crippen LogP contribution < -0.4 is 0 Å². The van der Waals surface area contributed by atoms with Crippen LogP contribution in [0.2, 0.25) is 0 Å². The molecule has 0 aliphatic rings. The number of aliphatic hydroxyl groups excluding tert-OH is 1.